The van der Waals surface area contributed by atoms with Gasteiger partial charge >= 0.3 is 5.97 Å². The van der Waals surface area contributed by atoms with Crippen LogP contribution in [0.3, 0.4) is 0 Å². The topological polar surface area (TPSA) is 116 Å². The van der Waals surface area contributed by atoms with Crippen molar-refractivity contribution in [3.05, 3.63) is 39.8 Å². The predicted octanol–water partition coefficient (Wildman–Crippen LogP) is 2.24. The van der Waals surface area contributed by atoms with E-state index >= 15 is 0 Å². The third-order valence-corrected chi connectivity index (χ3v) is 4.83. The van der Waals surface area contributed by atoms with Gasteiger partial charge in [0, 0.05) is 17.3 Å². The first-order chi connectivity index (χ1) is 11.1. The number of thiophene rings is 1. The fourth-order valence-corrected chi connectivity index (χ4v) is 3.83. The van der Waals surface area contributed by atoms with Crippen LogP contribution in [0.15, 0.2) is 12.4 Å². The van der Waals surface area contributed by atoms with E-state index in [1.54, 1.807) is 0 Å². The fraction of sp³-hybridized carbons (Fsp3) is 0.267. The maximum atomic E-state index is 12.3. The number of amides is 1. The quantitative estimate of drug-likeness (QED) is 0.892. The Hall–Kier alpha value is -2.79. The highest BCUT2D eigenvalue weighted by Gasteiger charge is 2.24. The van der Waals surface area contributed by atoms with E-state index in [2.05, 4.69) is 21.4 Å². The fourth-order valence-electron chi connectivity index (χ4n) is 2.60. The number of carboxylic acid groups (broad SMARTS) is 1. The number of carbonyl (C=O) groups is 2. The van der Waals surface area contributed by atoms with Gasteiger partial charge in [-0.1, -0.05) is 0 Å². The Morgan fingerprint density at radius 1 is 1.22 bits per heavy atom. The van der Waals surface area contributed by atoms with Crippen molar-refractivity contribution in [1.29, 1.82) is 5.26 Å². The van der Waals surface area contributed by atoms with E-state index in [9.17, 15) is 14.9 Å². The van der Waals surface area contributed by atoms with E-state index in [4.69, 9.17) is 5.11 Å². The Balaban J connectivity index is 1.94. The van der Waals surface area contributed by atoms with Gasteiger partial charge in [0.25, 0.3) is 5.91 Å². The third kappa shape index (κ3) is 2.78. The van der Waals surface area contributed by atoms with Crippen LogP contribution >= 0.6 is 11.3 Å². The number of aromatic nitrogens is 2. The molecule has 0 aromatic carbocycles. The number of rotatable bonds is 3. The lowest BCUT2D eigenvalue weighted by Crippen LogP contribution is -2.19. The predicted molar refractivity (Wildman–Crippen MR) is 82.6 cm³/mol. The van der Waals surface area contributed by atoms with Crippen molar-refractivity contribution in [2.24, 2.45) is 0 Å². The second-order valence-electron chi connectivity index (χ2n) is 5.04. The standard InChI is InChI=1S/C15H12N4O3S/c16-7-9-8-3-1-2-4-10(8)23-14(9)19-13(20)11-12(15(21)22)18-6-5-17-11/h5-6H,1-4H2,(H,19,20)(H,21,22). The number of nitrogens with one attached hydrogen (secondary N) is 1. The van der Waals surface area contributed by atoms with Gasteiger partial charge in [0.15, 0.2) is 11.4 Å². The number of aromatic carboxylic acids is 1. The smallest absolute Gasteiger partial charge is 0.356 e. The van der Waals surface area contributed by atoms with Gasteiger partial charge in [-0.15, -0.1) is 11.3 Å². The SMILES string of the molecule is N#Cc1c(NC(=O)c2nccnc2C(=O)O)sc2c1CCCC2. The van der Waals surface area contributed by atoms with Crippen molar-refractivity contribution in [3.63, 3.8) is 0 Å². The lowest BCUT2D eigenvalue weighted by molar-refractivity contribution is 0.0685. The lowest BCUT2D eigenvalue weighted by Gasteiger charge is -2.09. The lowest BCUT2D eigenvalue weighted by atomic mass is 9.96. The van der Waals surface area contributed by atoms with Crippen LogP contribution in [0.5, 0.6) is 0 Å². The summed E-state index contributed by atoms with van der Waals surface area (Å²) in [4.78, 5) is 32.0. The average molecular weight is 328 g/mol. The first-order valence-corrected chi connectivity index (χ1v) is 7.83. The highest BCUT2D eigenvalue weighted by atomic mass is 32.1. The molecule has 0 aliphatic heterocycles. The number of fused-ring (bicyclic) bond motifs is 1. The first kappa shape index (κ1) is 15.1. The zero-order valence-electron chi connectivity index (χ0n) is 12.0. The number of nitrogens with zero attached hydrogens (tertiary/aromatic N) is 3. The van der Waals surface area contributed by atoms with Gasteiger partial charge in [0.2, 0.25) is 0 Å². The molecule has 1 aliphatic carbocycles. The van der Waals surface area contributed by atoms with Gasteiger partial charge in [-0.25, -0.2) is 14.8 Å². The van der Waals surface area contributed by atoms with E-state index in [1.807, 2.05) is 0 Å². The summed E-state index contributed by atoms with van der Waals surface area (Å²) in [6.07, 6.45) is 6.29. The number of anilines is 1. The summed E-state index contributed by atoms with van der Waals surface area (Å²) < 4.78 is 0. The van der Waals surface area contributed by atoms with Crippen molar-refractivity contribution in [1.82, 2.24) is 9.97 Å². The minimum absolute atomic E-state index is 0.268. The molecule has 2 heterocycles. The highest BCUT2D eigenvalue weighted by molar-refractivity contribution is 7.16. The van der Waals surface area contributed by atoms with Crippen LogP contribution in [0.1, 0.15) is 49.8 Å². The normalized spacial score (nSPS) is 13.0. The molecule has 2 aromatic rings. The summed E-state index contributed by atoms with van der Waals surface area (Å²) in [6.45, 7) is 0. The maximum Gasteiger partial charge on any atom is 0.356 e. The Kier molecular flexibility index (Phi) is 4.04. The monoisotopic (exact) mass is 328 g/mol. The van der Waals surface area contributed by atoms with E-state index in [0.29, 0.717) is 10.6 Å². The minimum atomic E-state index is -1.32. The second-order valence-corrected chi connectivity index (χ2v) is 6.14. The largest absolute Gasteiger partial charge is 0.476 e. The number of carbonyl (C=O) groups excluding carboxylic acids is 1. The summed E-state index contributed by atoms with van der Waals surface area (Å²) in [5, 5.41) is 21.5. The summed E-state index contributed by atoms with van der Waals surface area (Å²) >= 11 is 1.37. The summed E-state index contributed by atoms with van der Waals surface area (Å²) in [5.74, 6) is -2.00. The molecule has 1 amide bonds. The molecule has 0 bridgehead atoms. The molecule has 0 atom stereocenters. The van der Waals surface area contributed by atoms with Crippen molar-refractivity contribution in [3.8, 4) is 6.07 Å². The maximum absolute atomic E-state index is 12.3. The molecular formula is C15H12N4O3S. The molecule has 0 saturated heterocycles. The summed E-state index contributed by atoms with van der Waals surface area (Å²) in [5.41, 5.74) is 0.788. The molecular weight excluding hydrogens is 316 g/mol. The van der Waals surface area contributed by atoms with Crippen LogP contribution in [-0.4, -0.2) is 27.0 Å². The summed E-state index contributed by atoms with van der Waals surface area (Å²) in [7, 11) is 0. The zero-order chi connectivity index (χ0) is 16.4. The van der Waals surface area contributed by atoms with Crippen LogP contribution in [0.4, 0.5) is 5.00 Å². The van der Waals surface area contributed by atoms with Crippen LogP contribution < -0.4 is 5.32 Å². The molecule has 2 N–H and O–H groups in total. The number of hydrogen-bond donors (Lipinski definition) is 2. The van der Waals surface area contributed by atoms with Gasteiger partial charge in [0.1, 0.15) is 11.1 Å². The minimum Gasteiger partial charge on any atom is -0.476 e. The van der Waals surface area contributed by atoms with Crippen LogP contribution in [0.25, 0.3) is 0 Å². The Bertz CT molecular complexity index is 838. The first-order valence-electron chi connectivity index (χ1n) is 7.02. The molecule has 3 rings (SSSR count). The van der Waals surface area contributed by atoms with E-state index in [1.165, 1.54) is 23.7 Å². The third-order valence-electron chi connectivity index (χ3n) is 3.63. The molecule has 0 radical (unpaired) electrons. The second kappa shape index (κ2) is 6.14. The Morgan fingerprint density at radius 3 is 2.61 bits per heavy atom. The van der Waals surface area contributed by atoms with Gasteiger partial charge in [-0.3, -0.25) is 4.79 Å². The Labute approximate surface area is 135 Å². The molecule has 0 spiro atoms. The van der Waals surface area contributed by atoms with Crippen LogP contribution in [-0.2, 0) is 12.8 Å². The number of carboxylic acids is 1. The van der Waals surface area contributed by atoms with Crippen LogP contribution in [0, 0.1) is 11.3 Å². The van der Waals surface area contributed by atoms with Crippen molar-refractivity contribution in [2.75, 3.05) is 5.32 Å². The molecule has 0 saturated carbocycles. The van der Waals surface area contributed by atoms with Crippen molar-refractivity contribution in [2.45, 2.75) is 25.7 Å². The van der Waals surface area contributed by atoms with E-state index < -0.39 is 17.6 Å². The van der Waals surface area contributed by atoms with Gasteiger partial charge < -0.3 is 10.4 Å². The number of nitriles is 1. The van der Waals surface area contributed by atoms with Crippen LogP contribution in [0.2, 0.25) is 0 Å². The zero-order valence-corrected chi connectivity index (χ0v) is 12.8. The molecule has 116 valence electrons. The highest BCUT2D eigenvalue weighted by Crippen LogP contribution is 2.37. The molecule has 2 aromatic heterocycles. The molecule has 0 fully saturated rings. The summed E-state index contributed by atoms with van der Waals surface area (Å²) in [6, 6.07) is 2.14. The number of aryl methyl sites for hydroxylation is 1. The van der Waals surface area contributed by atoms with Gasteiger partial charge in [-0.05, 0) is 31.2 Å². The van der Waals surface area contributed by atoms with Crippen molar-refractivity contribution < 1.29 is 14.7 Å². The molecule has 23 heavy (non-hydrogen) atoms. The molecule has 8 heteroatoms. The van der Waals surface area contributed by atoms with Gasteiger partial charge in [0.05, 0.1) is 5.56 Å². The van der Waals surface area contributed by atoms with E-state index in [0.717, 1.165) is 36.1 Å². The van der Waals surface area contributed by atoms with Gasteiger partial charge in [-0.2, -0.15) is 5.26 Å². The molecule has 0 unspecified atom stereocenters. The van der Waals surface area contributed by atoms with Crippen molar-refractivity contribution >= 4 is 28.2 Å². The molecule has 1 aliphatic rings. The molecule has 7 nitrogen and oxygen atoms in total. The number of hydrogen-bond acceptors (Lipinski definition) is 6. The van der Waals surface area contributed by atoms with E-state index in [-0.39, 0.29) is 5.69 Å². The Morgan fingerprint density at radius 2 is 1.91 bits per heavy atom. The average Bonchev–Trinajstić information content (AvgIpc) is 2.91.